The van der Waals surface area contributed by atoms with Crippen LogP contribution in [0.2, 0.25) is 0 Å². The number of fused-ring (bicyclic) bond motifs is 1. The molecule has 0 aromatic carbocycles. The molecule has 154 valence electrons. The van der Waals surface area contributed by atoms with E-state index < -0.39 is 11.9 Å². The first-order chi connectivity index (χ1) is 13.8. The van der Waals surface area contributed by atoms with Gasteiger partial charge in [-0.1, -0.05) is 13.8 Å². The van der Waals surface area contributed by atoms with Gasteiger partial charge in [0.2, 0.25) is 0 Å². The van der Waals surface area contributed by atoms with E-state index in [1.165, 1.54) is 11.3 Å². The van der Waals surface area contributed by atoms with Gasteiger partial charge >= 0.3 is 5.97 Å². The lowest BCUT2D eigenvalue weighted by Crippen LogP contribution is -2.37. The fourth-order valence-electron chi connectivity index (χ4n) is 3.81. The number of aromatic nitrogens is 2. The van der Waals surface area contributed by atoms with E-state index in [-0.39, 0.29) is 16.7 Å². The van der Waals surface area contributed by atoms with Crippen molar-refractivity contribution in [3.63, 3.8) is 0 Å². The summed E-state index contributed by atoms with van der Waals surface area (Å²) in [6.45, 7) is 7.04. The number of carboxylic acid groups (broad SMARTS) is 1. The minimum atomic E-state index is -1.01. The lowest BCUT2D eigenvalue weighted by atomic mass is 9.76. The van der Waals surface area contributed by atoms with Crippen LogP contribution in [-0.2, 0) is 17.6 Å². The minimum Gasteiger partial charge on any atom is -0.478 e. The van der Waals surface area contributed by atoms with Gasteiger partial charge in [-0.25, -0.2) is 4.79 Å². The maximum Gasteiger partial charge on any atom is 0.339 e. The molecular formula is C20H24N4O4S. The molecule has 1 aliphatic heterocycles. The van der Waals surface area contributed by atoms with Crippen molar-refractivity contribution in [3.05, 3.63) is 33.8 Å². The van der Waals surface area contributed by atoms with E-state index >= 15 is 0 Å². The number of nitrogens with one attached hydrogen (secondary N) is 1. The molecule has 2 aromatic heterocycles. The van der Waals surface area contributed by atoms with E-state index in [4.69, 9.17) is 4.74 Å². The number of nitrogens with zero attached hydrogens (tertiary/aromatic N) is 3. The predicted molar refractivity (Wildman–Crippen MR) is 110 cm³/mol. The summed E-state index contributed by atoms with van der Waals surface area (Å²) in [7, 11) is 0. The number of morpholine rings is 1. The lowest BCUT2D eigenvalue weighted by Gasteiger charge is -2.29. The van der Waals surface area contributed by atoms with Gasteiger partial charge in [-0.15, -0.1) is 21.5 Å². The number of anilines is 2. The molecule has 0 unspecified atom stereocenters. The number of hydrogen-bond donors (Lipinski definition) is 2. The number of carbonyl (C=O) groups excluding carboxylic acids is 1. The molecule has 0 spiro atoms. The Kier molecular flexibility index (Phi) is 5.26. The maximum absolute atomic E-state index is 12.7. The molecule has 2 aromatic rings. The average molecular weight is 417 g/mol. The van der Waals surface area contributed by atoms with Crippen LogP contribution in [0.4, 0.5) is 10.8 Å². The summed E-state index contributed by atoms with van der Waals surface area (Å²) in [4.78, 5) is 27.7. The monoisotopic (exact) mass is 416 g/mol. The zero-order valence-electron chi connectivity index (χ0n) is 16.5. The van der Waals surface area contributed by atoms with Crippen LogP contribution in [0.25, 0.3) is 0 Å². The van der Waals surface area contributed by atoms with Gasteiger partial charge in [-0.3, -0.25) is 4.79 Å². The van der Waals surface area contributed by atoms with Crippen LogP contribution >= 0.6 is 11.3 Å². The molecule has 1 aliphatic carbocycles. The number of hydrogen-bond acceptors (Lipinski definition) is 7. The zero-order valence-corrected chi connectivity index (χ0v) is 17.3. The Morgan fingerprint density at radius 2 is 2.00 bits per heavy atom. The fourth-order valence-corrected chi connectivity index (χ4v) is 5.01. The average Bonchev–Trinajstić information content (AvgIpc) is 3.04. The van der Waals surface area contributed by atoms with E-state index in [1.54, 1.807) is 12.1 Å². The Hall–Kier alpha value is -2.52. The Morgan fingerprint density at radius 3 is 2.66 bits per heavy atom. The molecule has 0 atom stereocenters. The van der Waals surface area contributed by atoms with E-state index in [0.717, 1.165) is 36.4 Å². The molecule has 2 N–H and O–H groups in total. The smallest absolute Gasteiger partial charge is 0.339 e. The molecule has 0 saturated carbocycles. The summed E-state index contributed by atoms with van der Waals surface area (Å²) < 4.78 is 5.33. The highest BCUT2D eigenvalue weighted by Gasteiger charge is 2.33. The normalized spacial score (nSPS) is 18.2. The number of aromatic carboxylic acids is 1. The number of carboxylic acids is 1. The van der Waals surface area contributed by atoms with Crippen molar-refractivity contribution in [3.8, 4) is 0 Å². The van der Waals surface area contributed by atoms with Crippen molar-refractivity contribution < 1.29 is 19.4 Å². The van der Waals surface area contributed by atoms with E-state index in [1.807, 2.05) is 0 Å². The Bertz CT molecular complexity index is 933. The van der Waals surface area contributed by atoms with E-state index in [2.05, 4.69) is 34.3 Å². The molecule has 0 bridgehead atoms. The SMILES string of the molecule is CC1(C)CCc2sc(NC(=O)c3ccc(N4CCOCC4)nn3)c(C(=O)O)c2C1. The molecule has 1 amide bonds. The third-order valence-corrected chi connectivity index (χ3v) is 6.64. The molecular weight excluding hydrogens is 392 g/mol. The number of ether oxygens (including phenoxy) is 1. The summed E-state index contributed by atoms with van der Waals surface area (Å²) in [6.07, 6.45) is 2.53. The third kappa shape index (κ3) is 4.11. The van der Waals surface area contributed by atoms with Crippen LogP contribution in [-0.4, -0.2) is 53.5 Å². The highest BCUT2D eigenvalue weighted by molar-refractivity contribution is 7.17. The lowest BCUT2D eigenvalue weighted by molar-refractivity contribution is 0.0696. The Labute approximate surface area is 172 Å². The van der Waals surface area contributed by atoms with Crippen LogP contribution in [0, 0.1) is 5.41 Å². The highest BCUT2D eigenvalue weighted by Crippen LogP contribution is 2.43. The van der Waals surface area contributed by atoms with Crippen molar-refractivity contribution in [2.45, 2.75) is 33.1 Å². The van der Waals surface area contributed by atoms with Crippen molar-refractivity contribution in [1.82, 2.24) is 10.2 Å². The van der Waals surface area contributed by atoms with Crippen LogP contribution in [0.15, 0.2) is 12.1 Å². The Morgan fingerprint density at radius 1 is 1.24 bits per heavy atom. The van der Waals surface area contributed by atoms with Crippen molar-refractivity contribution in [2.75, 3.05) is 36.5 Å². The predicted octanol–water partition coefficient (Wildman–Crippen LogP) is 2.84. The quantitative estimate of drug-likeness (QED) is 0.790. The molecule has 1 fully saturated rings. The van der Waals surface area contributed by atoms with Crippen LogP contribution in [0.5, 0.6) is 0 Å². The molecule has 8 nitrogen and oxygen atoms in total. The number of carbonyl (C=O) groups is 2. The second-order valence-corrected chi connectivity index (χ2v) is 9.29. The largest absolute Gasteiger partial charge is 0.478 e. The number of thiophene rings is 1. The standard InChI is InChI=1S/C20H24N4O4S/c1-20(2)6-5-14-12(11-20)16(19(26)27)18(29-14)21-17(25)13-3-4-15(23-22-13)24-7-9-28-10-8-24/h3-4H,5-11H2,1-2H3,(H,21,25)(H,26,27). The number of rotatable bonds is 4. The van der Waals surface area contributed by atoms with Crippen molar-refractivity contribution in [2.24, 2.45) is 5.41 Å². The summed E-state index contributed by atoms with van der Waals surface area (Å²) in [5.41, 5.74) is 1.28. The van der Waals surface area contributed by atoms with Crippen LogP contribution < -0.4 is 10.2 Å². The first-order valence-corrected chi connectivity index (χ1v) is 10.5. The summed E-state index contributed by atoms with van der Waals surface area (Å²) in [6, 6.07) is 3.37. The van der Waals surface area contributed by atoms with Gasteiger partial charge in [0.15, 0.2) is 11.5 Å². The summed E-state index contributed by atoms with van der Waals surface area (Å²) >= 11 is 1.36. The topological polar surface area (TPSA) is 105 Å². The molecule has 1 saturated heterocycles. The Balaban J connectivity index is 1.54. The number of aryl methyl sites for hydroxylation is 1. The molecule has 3 heterocycles. The molecule has 29 heavy (non-hydrogen) atoms. The van der Waals surface area contributed by atoms with Gasteiger partial charge < -0.3 is 20.1 Å². The van der Waals surface area contributed by atoms with Crippen molar-refractivity contribution >= 4 is 34.0 Å². The zero-order chi connectivity index (χ0) is 20.6. The van der Waals surface area contributed by atoms with E-state index in [9.17, 15) is 14.7 Å². The molecule has 0 radical (unpaired) electrons. The second-order valence-electron chi connectivity index (χ2n) is 8.18. The van der Waals surface area contributed by atoms with Gasteiger partial charge in [0.25, 0.3) is 5.91 Å². The van der Waals surface area contributed by atoms with Crippen LogP contribution in [0.3, 0.4) is 0 Å². The van der Waals surface area contributed by atoms with Gasteiger partial charge in [0.1, 0.15) is 5.00 Å². The first kappa shape index (κ1) is 19.8. The highest BCUT2D eigenvalue weighted by atomic mass is 32.1. The van der Waals surface area contributed by atoms with Crippen LogP contribution in [0.1, 0.15) is 51.6 Å². The second kappa shape index (κ2) is 7.72. The summed E-state index contributed by atoms with van der Waals surface area (Å²) in [5.74, 6) is -0.763. The molecule has 2 aliphatic rings. The number of amides is 1. The minimum absolute atomic E-state index is 0.0559. The first-order valence-electron chi connectivity index (χ1n) is 9.70. The molecule has 9 heteroatoms. The van der Waals surface area contributed by atoms with E-state index in [0.29, 0.717) is 30.5 Å². The van der Waals surface area contributed by atoms with Gasteiger partial charge in [0.05, 0.1) is 18.8 Å². The van der Waals surface area contributed by atoms with Gasteiger partial charge in [0, 0.05) is 18.0 Å². The van der Waals surface area contributed by atoms with Crippen molar-refractivity contribution in [1.29, 1.82) is 0 Å². The van der Waals surface area contributed by atoms with Gasteiger partial charge in [-0.2, -0.15) is 0 Å². The maximum atomic E-state index is 12.7. The van der Waals surface area contributed by atoms with Gasteiger partial charge in [-0.05, 0) is 42.4 Å². The third-order valence-electron chi connectivity index (χ3n) is 5.43. The fraction of sp³-hybridized carbons (Fsp3) is 0.500. The summed E-state index contributed by atoms with van der Waals surface area (Å²) in [5, 5.41) is 21.1. The molecule has 4 rings (SSSR count).